The van der Waals surface area contributed by atoms with Crippen molar-refractivity contribution in [2.24, 2.45) is 0 Å². The summed E-state index contributed by atoms with van der Waals surface area (Å²) in [6, 6.07) is -1.25. The van der Waals surface area contributed by atoms with Crippen LogP contribution in [0.1, 0.15) is 278 Å². The molecule has 0 heterocycles. The van der Waals surface area contributed by atoms with Gasteiger partial charge in [0.05, 0.1) is 51.0 Å². The first-order valence-electron chi connectivity index (χ1n) is 29.6. The van der Waals surface area contributed by atoms with Gasteiger partial charge in [0.25, 0.3) is 0 Å². The normalized spacial score (nSPS) is 13.8. The van der Waals surface area contributed by atoms with E-state index in [-0.39, 0.29) is 56.9 Å². The van der Waals surface area contributed by atoms with Gasteiger partial charge in [-0.15, -0.1) is 0 Å². The monoisotopic (exact) mass is 1060 g/mol. The third-order valence-corrected chi connectivity index (χ3v) is 14.0. The molecule has 432 valence electrons. The molecule has 0 aromatic rings. The van der Waals surface area contributed by atoms with Gasteiger partial charge in [-0.2, -0.15) is 0 Å². The zero-order valence-electron chi connectivity index (χ0n) is 46.4. The number of unbranched alkanes of at least 4 members (excludes halogenated alkanes) is 27. The minimum absolute atomic E-state index is 0.0174. The van der Waals surface area contributed by atoms with E-state index in [1.54, 1.807) is 0 Å². The van der Waals surface area contributed by atoms with E-state index in [1.807, 2.05) is 0 Å². The molecule has 73 heavy (non-hydrogen) atoms. The van der Waals surface area contributed by atoms with Crippen molar-refractivity contribution < 1.29 is 62.8 Å². The molecule has 2 amide bonds. The molecule has 3 unspecified atom stereocenters. The number of hydrogen-bond acceptors (Lipinski definition) is 12. The van der Waals surface area contributed by atoms with Crippen molar-refractivity contribution in [3.05, 3.63) is 0 Å². The van der Waals surface area contributed by atoms with Crippen LogP contribution in [0.15, 0.2) is 0 Å². The summed E-state index contributed by atoms with van der Waals surface area (Å²) in [7, 11) is -4.84. The number of phosphoric acid groups is 1. The van der Waals surface area contributed by atoms with Crippen LogP contribution in [0, 0.1) is 0 Å². The number of amides is 2. The average molecular weight is 1060 g/mol. The fraction of sp³-hybridized carbons (Fsp3) is 0.929. The Hall–Kier alpha value is -2.17. The first-order valence-corrected chi connectivity index (χ1v) is 31.1. The largest absolute Gasteiger partial charge is 0.469 e. The van der Waals surface area contributed by atoms with Crippen LogP contribution in [-0.2, 0) is 37.7 Å². The minimum Gasteiger partial charge on any atom is -0.464 e. The van der Waals surface area contributed by atoms with E-state index in [9.17, 15) is 48.8 Å². The van der Waals surface area contributed by atoms with Gasteiger partial charge in [-0.05, 0) is 70.8 Å². The Morgan fingerprint density at radius 3 is 1.48 bits per heavy atom. The third-order valence-electron chi connectivity index (χ3n) is 13.5. The molecule has 0 aliphatic heterocycles. The van der Waals surface area contributed by atoms with Crippen molar-refractivity contribution in [2.75, 3.05) is 26.4 Å². The summed E-state index contributed by atoms with van der Waals surface area (Å²) in [5.41, 5.74) is 0. The molecule has 0 fully saturated rings. The predicted octanol–water partition coefficient (Wildman–Crippen LogP) is 11.4. The Morgan fingerprint density at radius 2 is 0.945 bits per heavy atom. The van der Waals surface area contributed by atoms with Crippen molar-refractivity contribution in [2.45, 2.75) is 308 Å². The summed E-state index contributed by atoms with van der Waals surface area (Å²) < 4.78 is 27.5. The van der Waals surface area contributed by atoms with Crippen LogP contribution < -0.4 is 16.0 Å². The lowest BCUT2D eigenvalue weighted by Crippen LogP contribution is -2.46. The van der Waals surface area contributed by atoms with Crippen LogP contribution in [0.4, 0.5) is 0 Å². The Bertz CT molecular complexity index is 1360. The van der Waals surface area contributed by atoms with Gasteiger partial charge in [0.15, 0.2) is 0 Å². The predicted molar refractivity (Wildman–Crippen MR) is 292 cm³/mol. The van der Waals surface area contributed by atoms with Crippen molar-refractivity contribution in [3.8, 4) is 0 Å². The number of aliphatic hydroxyl groups excluding tert-OH is 3. The molecule has 17 heteroatoms. The number of phosphoric ester groups is 1. The zero-order chi connectivity index (χ0) is 54.1. The minimum atomic E-state index is -4.84. The number of ether oxygens (including phenoxy) is 2. The number of esters is 2. The molecule has 0 saturated heterocycles. The van der Waals surface area contributed by atoms with Gasteiger partial charge in [-0.1, -0.05) is 188 Å². The van der Waals surface area contributed by atoms with Crippen LogP contribution in [0.2, 0.25) is 0 Å². The Labute approximate surface area is 443 Å². The van der Waals surface area contributed by atoms with Crippen LogP contribution in [0.5, 0.6) is 0 Å². The lowest BCUT2D eigenvalue weighted by Gasteiger charge is -2.22. The number of carbonyl (C=O) groups excluding carboxylic acids is 4. The second-order valence-corrected chi connectivity index (χ2v) is 21.9. The maximum atomic E-state index is 13.5. The molecule has 0 radical (unpaired) electrons. The highest BCUT2D eigenvalue weighted by Gasteiger charge is 2.27. The van der Waals surface area contributed by atoms with Crippen LogP contribution in [-0.4, -0.2) is 106 Å². The van der Waals surface area contributed by atoms with Gasteiger partial charge >= 0.3 is 19.8 Å². The summed E-state index contributed by atoms with van der Waals surface area (Å²) >= 11 is 0. The highest BCUT2D eigenvalue weighted by Crippen LogP contribution is 2.35. The second-order valence-electron chi connectivity index (χ2n) is 20.6. The molecule has 0 bridgehead atoms. The van der Waals surface area contributed by atoms with E-state index in [1.165, 1.54) is 103 Å². The average Bonchev–Trinajstić information content (AvgIpc) is 3.34. The molecule has 0 aromatic heterocycles. The first kappa shape index (κ1) is 70.8. The fourth-order valence-corrected chi connectivity index (χ4v) is 9.31. The van der Waals surface area contributed by atoms with Gasteiger partial charge < -0.3 is 45.2 Å². The number of rotatable bonds is 55. The molecule has 0 aromatic carbocycles. The summed E-state index contributed by atoms with van der Waals surface area (Å²) in [5.74, 6) is -1.90. The number of nitrogens with one attached hydrogen (secondary N) is 3. The van der Waals surface area contributed by atoms with E-state index < -0.39 is 50.7 Å². The molecule has 5 atom stereocenters. The SMILES string of the molecule is CCCCCCCCCCCC(=O)O[C@H](CCCCCCCCCCC)CC(=O)NC(CCOP(=O)(O)O)C(=O)OCCCCCNC(CCCCC(O)CO)NC(=O)C[C@H](O)CCCCCCCCCCC. The lowest BCUT2D eigenvalue weighted by atomic mass is 10.0. The summed E-state index contributed by atoms with van der Waals surface area (Å²) in [4.78, 5) is 71.3. The van der Waals surface area contributed by atoms with E-state index in [4.69, 9.17) is 9.47 Å². The quantitative estimate of drug-likeness (QED) is 0.0122. The van der Waals surface area contributed by atoms with Crippen LogP contribution in [0.25, 0.3) is 0 Å². The molecule has 0 rings (SSSR count). The topological polar surface area (TPSA) is 250 Å². The highest BCUT2D eigenvalue weighted by atomic mass is 31.2. The van der Waals surface area contributed by atoms with Crippen LogP contribution >= 0.6 is 7.82 Å². The molecular weight excluding hydrogens is 954 g/mol. The molecule has 0 aliphatic rings. The molecule has 0 saturated carbocycles. The smallest absolute Gasteiger partial charge is 0.464 e. The maximum Gasteiger partial charge on any atom is 0.469 e. The number of carbonyl (C=O) groups is 4. The van der Waals surface area contributed by atoms with E-state index in [0.717, 1.165) is 70.6 Å². The molecule has 0 aliphatic carbocycles. The summed E-state index contributed by atoms with van der Waals surface area (Å²) in [6.45, 7) is 6.38. The van der Waals surface area contributed by atoms with Crippen molar-refractivity contribution >= 4 is 31.6 Å². The van der Waals surface area contributed by atoms with E-state index in [2.05, 4.69) is 41.2 Å². The van der Waals surface area contributed by atoms with E-state index in [0.29, 0.717) is 64.3 Å². The fourth-order valence-electron chi connectivity index (χ4n) is 8.97. The molecule has 8 N–H and O–H groups in total. The number of hydrogen-bond donors (Lipinski definition) is 8. The molecular formula is C56H110N3O13P. The molecule has 16 nitrogen and oxygen atoms in total. The van der Waals surface area contributed by atoms with Gasteiger partial charge in [0.2, 0.25) is 11.8 Å². The van der Waals surface area contributed by atoms with Gasteiger partial charge in [-0.25, -0.2) is 9.36 Å². The molecule has 0 spiro atoms. The summed E-state index contributed by atoms with van der Waals surface area (Å²) in [6.07, 6.45) is 33.4. The highest BCUT2D eigenvalue weighted by molar-refractivity contribution is 7.46. The van der Waals surface area contributed by atoms with Crippen LogP contribution in [0.3, 0.4) is 0 Å². The van der Waals surface area contributed by atoms with Gasteiger partial charge in [-0.3, -0.25) is 24.2 Å². The Balaban J connectivity index is 5.23. The van der Waals surface area contributed by atoms with Crippen molar-refractivity contribution in [1.29, 1.82) is 0 Å². The maximum absolute atomic E-state index is 13.5. The van der Waals surface area contributed by atoms with Gasteiger partial charge in [0, 0.05) is 12.8 Å². The first-order chi connectivity index (χ1) is 35.2. The zero-order valence-corrected chi connectivity index (χ0v) is 47.3. The number of aliphatic hydroxyl groups is 3. The standard InChI is InChI=1S/C56H110N3O13P/c1-4-7-10-13-16-19-22-25-29-36-48(61)45-53(63)59-52(39-33-32-37-49(62)47-60)57-42-34-28-35-43-70-56(66)51(41-44-71-73(67,68)69)58-54(64)46-50(38-30-26-23-20-17-14-11-8-5-2)72-55(65)40-31-27-24-21-18-15-12-9-6-3/h48-52,57,60-62H,4-47H2,1-3H3,(H,58,64)(H,59,63)(H2,67,68,69)/t48-,49?,50-,51?,52?/m1/s1. The second kappa shape index (κ2) is 50.6. The Morgan fingerprint density at radius 1 is 0.493 bits per heavy atom. The summed E-state index contributed by atoms with van der Waals surface area (Å²) in [5, 5.41) is 38.6. The lowest BCUT2D eigenvalue weighted by molar-refractivity contribution is -0.153. The van der Waals surface area contributed by atoms with Crippen molar-refractivity contribution in [1.82, 2.24) is 16.0 Å². The Kier molecular flexibility index (Phi) is 49.1. The van der Waals surface area contributed by atoms with Crippen molar-refractivity contribution in [3.63, 3.8) is 0 Å². The van der Waals surface area contributed by atoms with Gasteiger partial charge in [0.1, 0.15) is 12.1 Å². The third kappa shape index (κ3) is 49.2. The van der Waals surface area contributed by atoms with E-state index >= 15 is 0 Å².